The zero-order chi connectivity index (χ0) is 14.7. The predicted molar refractivity (Wildman–Crippen MR) is 75.1 cm³/mol. The number of aromatic amines is 1. The standard InChI is InChI=1S/C12H15N3O4S/c1-7-8-10(18)13-6-14-11(8)20-9(7)12(19)15(2-4-16)3-5-17/h6,16-17H,2-5H2,1H3,(H,13,14,18). The topological polar surface area (TPSA) is 107 Å². The first kappa shape index (κ1) is 14.6. The molecule has 8 heteroatoms. The minimum absolute atomic E-state index is 0.136. The predicted octanol–water partition coefficient (Wildman–Crippen LogP) is -0.280. The minimum Gasteiger partial charge on any atom is -0.395 e. The van der Waals surface area contributed by atoms with Crippen LogP contribution >= 0.6 is 11.3 Å². The van der Waals surface area contributed by atoms with Crippen LogP contribution in [-0.4, -0.2) is 57.3 Å². The molecule has 0 aromatic carbocycles. The van der Waals surface area contributed by atoms with E-state index >= 15 is 0 Å². The fourth-order valence-electron chi connectivity index (χ4n) is 1.98. The molecule has 0 unspecified atom stereocenters. The van der Waals surface area contributed by atoms with Crippen molar-refractivity contribution in [2.24, 2.45) is 0 Å². The summed E-state index contributed by atoms with van der Waals surface area (Å²) in [7, 11) is 0. The van der Waals surface area contributed by atoms with Gasteiger partial charge in [0.15, 0.2) is 0 Å². The smallest absolute Gasteiger partial charge is 0.264 e. The lowest BCUT2D eigenvalue weighted by atomic mass is 10.2. The van der Waals surface area contributed by atoms with E-state index in [1.165, 1.54) is 11.2 Å². The maximum absolute atomic E-state index is 12.4. The van der Waals surface area contributed by atoms with Gasteiger partial charge in [-0.1, -0.05) is 0 Å². The number of fused-ring (bicyclic) bond motifs is 1. The van der Waals surface area contributed by atoms with Crippen molar-refractivity contribution >= 4 is 27.5 Å². The fraction of sp³-hybridized carbons (Fsp3) is 0.417. The third-order valence-electron chi connectivity index (χ3n) is 2.95. The Kier molecular flexibility index (Phi) is 4.48. The summed E-state index contributed by atoms with van der Waals surface area (Å²) in [5.74, 6) is -0.312. The van der Waals surface area contributed by atoms with Crippen molar-refractivity contribution in [3.8, 4) is 0 Å². The van der Waals surface area contributed by atoms with E-state index in [0.717, 1.165) is 11.3 Å². The molecule has 108 valence electrons. The number of rotatable bonds is 5. The molecule has 20 heavy (non-hydrogen) atoms. The van der Waals surface area contributed by atoms with Gasteiger partial charge in [0.1, 0.15) is 4.83 Å². The van der Waals surface area contributed by atoms with E-state index in [-0.39, 0.29) is 37.8 Å². The lowest BCUT2D eigenvalue weighted by Crippen LogP contribution is -2.35. The van der Waals surface area contributed by atoms with Crippen molar-refractivity contribution in [3.05, 3.63) is 27.1 Å². The highest BCUT2D eigenvalue weighted by molar-refractivity contribution is 7.20. The first-order valence-corrected chi connectivity index (χ1v) is 6.89. The van der Waals surface area contributed by atoms with Crippen molar-refractivity contribution in [2.45, 2.75) is 6.92 Å². The lowest BCUT2D eigenvalue weighted by Gasteiger charge is -2.20. The Labute approximate surface area is 118 Å². The first-order valence-electron chi connectivity index (χ1n) is 6.08. The van der Waals surface area contributed by atoms with Gasteiger partial charge >= 0.3 is 0 Å². The lowest BCUT2D eigenvalue weighted by molar-refractivity contribution is 0.0689. The average molecular weight is 297 g/mol. The number of amides is 1. The molecule has 0 saturated carbocycles. The van der Waals surface area contributed by atoms with Gasteiger partial charge in [-0.15, -0.1) is 11.3 Å². The van der Waals surface area contributed by atoms with Gasteiger partial charge in [-0.2, -0.15) is 0 Å². The zero-order valence-corrected chi connectivity index (χ0v) is 11.7. The van der Waals surface area contributed by atoms with Crippen molar-refractivity contribution in [1.29, 1.82) is 0 Å². The number of aliphatic hydroxyl groups is 2. The van der Waals surface area contributed by atoms with E-state index in [4.69, 9.17) is 10.2 Å². The minimum atomic E-state index is -0.312. The molecule has 2 aromatic heterocycles. The Morgan fingerprint density at radius 1 is 1.40 bits per heavy atom. The second-order valence-corrected chi connectivity index (χ2v) is 5.21. The molecule has 0 aliphatic carbocycles. The van der Waals surface area contributed by atoms with Crippen molar-refractivity contribution < 1.29 is 15.0 Å². The molecule has 0 saturated heterocycles. The highest BCUT2D eigenvalue weighted by Crippen LogP contribution is 2.27. The van der Waals surface area contributed by atoms with E-state index in [1.54, 1.807) is 6.92 Å². The second kappa shape index (κ2) is 6.12. The Hall–Kier alpha value is -1.77. The number of carbonyl (C=O) groups is 1. The van der Waals surface area contributed by atoms with Crippen LogP contribution in [0.4, 0.5) is 0 Å². The summed E-state index contributed by atoms with van der Waals surface area (Å²) in [6.07, 6.45) is 1.30. The van der Waals surface area contributed by atoms with Gasteiger partial charge in [-0.05, 0) is 12.5 Å². The molecule has 0 atom stereocenters. The highest BCUT2D eigenvalue weighted by Gasteiger charge is 2.22. The molecule has 0 fully saturated rings. The molecule has 0 radical (unpaired) electrons. The number of aromatic nitrogens is 2. The van der Waals surface area contributed by atoms with E-state index < -0.39 is 0 Å². The van der Waals surface area contributed by atoms with Gasteiger partial charge < -0.3 is 20.1 Å². The number of nitrogens with zero attached hydrogens (tertiary/aromatic N) is 2. The van der Waals surface area contributed by atoms with Crippen molar-refractivity contribution in [3.63, 3.8) is 0 Å². The first-order chi connectivity index (χ1) is 9.60. The zero-order valence-electron chi connectivity index (χ0n) is 10.9. The summed E-state index contributed by atoms with van der Waals surface area (Å²) >= 11 is 1.14. The molecular weight excluding hydrogens is 282 g/mol. The van der Waals surface area contributed by atoms with Crippen LogP contribution in [0.25, 0.3) is 10.2 Å². The average Bonchev–Trinajstić information content (AvgIpc) is 2.76. The monoisotopic (exact) mass is 297 g/mol. The summed E-state index contributed by atoms with van der Waals surface area (Å²) in [5, 5.41) is 18.4. The van der Waals surface area contributed by atoms with E-state index in [2.05, 4.69) is 9.97 Å². The Bertz CT molecular complexity index is 673. The van der Waals surface area contributed by atoms with E-state index in [0.29, 0.717) is 20.7 Å². The molecular formula is C12H15N3O4S. The number of hydrogen-bond acceptors (Lipinski definition) is 6. The van der Waals surface area contributed by atoms with E-state index in [9.17, 15) is 9.59 Å². The maximum atomic E-state index is 12.4. The van der Waals surface area contributed by atoms with Gasteiger partial charge in [0, 0.05) is 13.1 Å². The molecule has 7 nitrogen and oxygen atoms in total. The van der Waals surface area contributed by atoms with E-state index in [1.807, 2.05) is 0 Å². The Balaban J connectivity index is 2.46. The third-order valence-corrected chi connectivity index (χ3v) is 4.14. The summed E-state index contributed by atoms with van der Waals surface area (Å²) < 4.78 is 0. The molecule has 2 heterocycles. The Morgan fingerprint density at radius 2 is 2.05 bits per heavy atom. The molecule has 3 N–H and O–H groups in total. The molecule has 2 aromatic rings. The van der Waals surface area contributed by atoms with Gasteiger partial charge in [0.05, 0.1) is 29.8 Å². The van der Waals surface area contributed by atoms with Gasteiger partial charge in [0.2, 0.25) is 0 Å². The van der Waals surface area contributed by atoms with Crippen LogP contribution in [0.15, 0.2) is 11.1 Å². The number of aliphatic hydroxyl groups excluding tert-OH is 2. The van der Waals surface area contributed by atoms with Crippen LogP contribution < -0.4 is 5.56 Å². The van der Waals surface area contributed by atoms with Gasteiger partial charge in [0.25, 0.3) is 11.5 Å². The van der Waals surface area contributed by atoms with Crippen LogP contribution in [0.1, 0.15) is 15.2 Å². The number of aryl methyl sites for hydroxylation is 1. The molecule has 0 aliphatic rings. The normalized spacial score (nSPS) is 10.9. The fourth-order valence-corrected chi connectivity index (χ4v) is 3.10. The van der Waals surface area contributed by atoms with Crippen LogP contribution in [-0.2, 0) is 0 Å². The number of hydrogen-bond donors (Lipinski definition) is 3. The maximum Gasteiger partial charge on any atom is 0.264 e. The molecule has 1 amide bonds. The Morgan fingerprint density at radius 3 is 2.60 bits per heavy atom. The van der Waals surface area contributed by atoms with Crippen molar-refractivity contribution in [2.75, 3.05) is 26.3 Å². The van der Waals surface area contributed by atoms with Crippen LogP contribution in [0, 0.1) is 6.92 Å². The second-order valence-electron chi connectivity index (χ2n) is 4.21. The number of nitrogens with one attached hydrogen (secondary N) is 1. The van der Waals surface area contributed by atoms with Crippen LogP contribution in [0.5, 0.6) is 0 Å². The van der Waals surface area contributed by atoms with Gasteiger partial charge in [-0.25, -0.2) is 4.98 Å². The van der Waals surface area contributed by atoms with Crippen molar-refractivity contribution in [1.82, 2.24) is 14.9 Å². The van der Waals surface area contributed by atoms with Gasteiger partial charge in [-0.3, -0.25) is 9.59 Å². The number of H-pyrrole nitrogens is 1. The summed E-state index contributed by atoms with van der Waals surface area (Å²) in [5.41, 5.74) is 0.295. The largest absolute Gasteiger partial charge is 0.395 e. The molecule has 0 spiro atoms. The molecule has 0 bridgehead atoms. The third kappa shape index (κ3) is 2.58. The molecule has 2 rings (SSSR count). The summed E-state index contributed by atoms with van der Waals surface area (Å²) in [4.78, 5) is 33.0. The van der Waals surface area contributed by atoms with Crippen LogP contribution in [0.3, 0.4) is 0 Å². The number of carbonyl (C=O) groups excluding carboxylic acids is 1. The SMILES string of the molecule is Cc1c(C(=O)N(CCO)CCO)sc2nc[nH]c(=O)c12. The quantitative estimate of drug-likeness (QED) is 0.703. The van der Waals surface area contributed by atoms with Crippen LogP contribution in [0.2, 0.25) is 0 Å². The highest BCUT2D eigenvalue weighted by atomic mass is 32.1. The number of thiophene rings is 1. The molecule has 0 aliphatic heterocycles. The summed E-state index contributed by atoms with van der Waals surface area (Å²) in [6, 6.07) is 0. The summed E-state index contributed by atoms with van der Waals surface area (Å²) in [6.45, 7) is 1.59.